The van der Waals surface area contributed by atoms with Gasteiger partial charge in [-0.1, -0.05) is 39.9 Å². The molecule has 0 fully saturated rings. The molecule has 0 spiro atoms. The molecule has 0 aromatic carbocycles. The molecule has 4 nitrogen and oxygen atoms in total. The van der Waals surface area contributed by atoms with Crippen LogP contribution in [0.25, 0.3) is 0 Å². The molecule has 2 unspecified atom stereocenters. The van der Waals surface area contributed by atoms with Gasteiger partial charge in [0.1, 0.15) is 0 Å². The number of rotatable bonds is 19. The summed E-state index contributed by atoms with van der Waals surface area (Å²) in [5.74, 6) is 0. The minimum absolute atomic E-state index is 0.157. The van der Waals surface area contributed by atoms with Crippen LogP contribution in [0.4, 0.5) is 0 Å². The van der Waals surface area contributed by atoms with E-state index in [0.29, 0.717) is 5.73 Å². The maximum absolute atomic E-state index is 7.10. The lowest BCUT2D eigenvalue weighted by Gasteiger charge is -2.49. The summed E-state index contributed by atoms with van der Waals surface area (Å²) in [5.41, 5.74) is 0.387. The fourth-order valence-electron chi connectivity index (χ4n) is 4.34. The molecule has 0 aliphatic carbocycles. The molecule has 0 heterocycles. The molecule has 0 bridgehead atoms. The zero-order valence-electron chi connectivity index (χ0n) is 23.0. The molecule has 0 saturated carbocycles. The molecule has 0 aliphatic heterocycles. The van der Waals surface area contributed by atoms with Gasteiger partial charge in [0.05, 0.1) is 13.3 Å². The minimum atomic E-state index is -2.09. The molecule has 0 aromatic heterocycles. The van der Waals surface area contributed by atoms with Crippen LogP contribution >= 0.6 is 0 Å². The summed E-state index contributed by atoms with van der Waals surface area (Å²) in [7, 11) is -5.39. The van der Waals surface area contributed by atoms with Crippen molar-refractivity contribution in [1.29, 1.82) is 0 Å². The first-order chi connectivity index (χ1) is 14.3. The first-order valence-corrected chi connectivity index (χ1v) is 22.1. The highest BCUT2D eigenvalue weighted by molar-refractivity contribution is 6.81. The third-order valence-corrected chi connectivity index (χ3v) is 17.6. The Labute approximate surface area is 198 Å². The quantitative estimate of drug-likeness (QED) is 0.139. The summed E-state index contributed by atoms with van der Waals surface area (Å²) < 4.78 is 25.4. The number of ether oxygens (including phenoxy) is 2. The van der Waals surface area contributed by atoms with Crippen LogP contribution in [-0.2, 0) is 18.3 Å². The topological polar surface area (TPSA) is 36.9 Å². The second-order valence-corrected chi connectivity index (χ2v) is 24.6. The highest BCUT2D eigenvalue weighted by atomic mass is 28.4. The Bertz CT molecular complexity index is 472. The van der Waals surface area contributed by atoms with Gasteiger partial charge in [0.15, 0.2) is 8.32 Å². The van der Waals surface area contributed by atoms with Crippen molar-refractivity contribution < 1.29 is 18.3 Å². The molecule has 0 N–H and O–H groups in total. The summed E-state index contributed by atoms with van der Waals surface area (Å²) in [5, 5.41) is -0.157. The standard InChI is InChI=1S/C24H56O4Si3/c1-12-18-26-20-17-22-30(8,9)28-24(5,14-3)31(10,11)27-23(13-2)29(6,7)21-16-19-25-15-4/h23H,12-22H2,1-11H3. The van der Waals surface area contributed by atoms with E-state index in [9.17, 15) is 0 Å². The largest absolute Gasteiger partial charge is 0.415 e. The SMILES string of the molecule is CCCOCCC[Si](C)(C)OC(C)(CC)[Si](C)(C)OC(CC)[Si](C)(C)CCCOCC. The van der Waals surface area contributed by atoms with Gasteiger partial charge in [-0.05, 0) is 78.2 Å². The fourth-order valence-corrected chi connectivity index (χ4v) is 15.2. The third kappa shape index (κ3) is 11.5. The summed E-state index contributed by atoms with van der Waals surface area (Å²) in [6.07, 6.45) is 5.44. The van der Waals surface area contributed by atoms with E-state index in [1.54, 1.807) is 0 Å². The Morgan fingerprint density at radius 1 is 0.774 bits per heavy atom. The third-order valence-electron chi connectivity index (χ3n) is 6.86. The molecule has 0 rings (SSSR count). The lowest BCUT2D eigenvalue weighted by Crippen LogP contribution is -2.63. The van der Waals surface area contributed by atoms with E-state index in [2.05, 4.69) is 73.9 Å². The molecule has 0 radical (unpaired) electrons. The van der Waals surface area contributed by atoms with Crippen LogP contribution in [0.15, 0.2) is 0 Å². The molecule has 2 atom stereocenters. The van der Waals surface area contributed by atoms with Crippen molar-refractivity contribution in [3.63, 3.8) is 0 Å². The highest BCUT2D eigenvalue weighted by Crippen LogP contribution is 2.36. The zero-order chi connectivity index (χ0) is 24.2. The van der Waals surface area contributed by atoms with Gasteiger partial charge >= 0.3 is 0 Å². The van der Waals surface area contributed by atoms with Crippen molar-refractivity contribution in [2.75, 3.05) is 26.4 Å². The molecule has 188 valence electrons. The number of hydrogen-bond acceptors (Lipinski definition) is 4. The first-order valence-electron chi connectivity index (χ1n) is 12.8. The Morgan fingerprint density at radius 3 is 1.87 bits per heavy atom. The van der Waals surface area contributed by atoms with E-state index in [-0.39, 0.29) is 5.22 Å². The molecule has 0 aromatic rings. The molecule has 7 heteroatoms. The van der Waals surface area contributed by atoms with E-state index < -0.39 is 24.7 Å². The Kier molecular flexibility index (Phi) is 14.9. The molecular formula is C24H56O4Si3. The van der Waals surface area contributed by atoms with E-state index in [1.807, 2.05) is 0 Å². The van der Waals surface area contributed by atoms with Crippen molar-refractivity contribution in [1.82, 2.24) is 0 Å². The van der Waals surface area contributed by atoms with Crippen molar-refractivity contribution in [2.24, 2.45) is 0 Å². The average Bonchev–Trinajstić information content (AvgIpc) is 2.68. The second kappa shape index (κ2) is 14.7. The average molecular weight is 493 g/mol. The minimum Gasteiger partial charge on any atom is -0.415 e. The van der Waals surface area contributed by atoms with Crippen molar-refractivity contribution in [3.05, 3.63) is 0 Å². The smallest absolute Gasteiger partial charge is 0.216 e. The molecule has 0 aliphatic rings. The van der Waals surface area contributed by atoms with Crippen LogP contribution in [0.3, 0.4) is 0 Å². The van der Waals surface area contributed by atoms with E-state index >= 15 is 0 Å². The van der Waals surface area contributed by atoms with Crippen LogP contribution in [0.2, 0.25) is 51.4 Å². The van der Waals surface area contributed by atoms with E-state index in [4.69, 9.17) is 18.3 Å². The van der Waals surface area contributed by atoms with Crippen LogP contribution in [0.1, 0.15) is 66.7 Å². The van der Waals surface area contributed by atoms with Gasteiger partial charge in [-0.15, -0.1) is 0 Å². The van der Waals surface area contributed by atoms with Gasteiger partial charge in [-0.2, -0.15) is 0 Å². The summed E-state index contributed by atoms with van der Waals surface area (Å²) >= 11 is 0. The predicted molar refractivity (Wildman–Crippen MR) is 144 cm³/mol. The Hall–Kier alpha value is 0.491. The number of hydrogen-bond donors (Lipinski definition) is 0. The summed E-state index contributed by atoms with van der Waals surface area (Å²) in [6.45, 7) is 29.1. The molecule has 31 heavy (non-hydrogen) atoms. The maximum atomic E-state index is 7.10. The van der Waals surface area contributed by atoms with Gasteiger partial charge in [0, 0.05) is 32.2 Å². The van der Waals surface area contributed by atoms with Gasteiger partial charge < -0.3 is 18.3 Å². The maximum Gasteiger partial charge on any atom is 0.216 e. The zero-order valence-corrected chi connectivity index (χ0v) is 26.0. The predicted octanol–water partition coefficient (Wildman–Crippen LogP) is 7.41. The van der Waals surface area contributed by atoms with Crippen molar-refractivity contribution in [2.45, 2.75) is 129 Å². The second-order valence-electron chi connectivity index (χ2n) is 11.0. The Morgan fingerprint density at radius 2 is 1.35 bits per heavy atom. The van der Waals surface area contributed by atoms with Crippen molar-refractivity contribution in [3.8, 4) is 0 Å². The first kappa shape index (κ1) is 31.5. The summed E-state index contributed by atoms with van der Waals surface area (Å²) in [6, 6.07) is 2.41. The van der Waals surface area contributed by atoms with Crippen LogP contribution < -0.4 is 0 Å². The highest BCUT2D eigenvalue weighted by Gasteiger charge is 2.50. The fraction of sp³-hybridized carbons (Fsp3) is 1.00. The normalized spacial score (nSPS) is 16.4. The van der Waals surface area contributed by atoms with Gasteiger partial charge in [0.2, 0.25) is 8.32 Å². The Balaban J connectivity index is 5.15. The monoisotopic (exact) mass is 492 g/mol. The van der Waals surface area contributed by atoms with E-state index in [0.717, 1.165) is 64.6 Å². The molecule has 0 amide bonds. The van der Waals surface area contributed by atoms with Crippen LogP contribution in [0, 0.1) is 0 Å². The van der Waals surface area contributed by atoms with Crippen molar-refractivity contribution >= 4 is 24.7 Å². The molecule has 0 saturated heterocycles. The van der Waals surface area contributed by atoms with Gasteiger partial charge in [-0.3, -0.25) is 0 Å². The van der Waals surface area contributed by atoms with Crippen LogP contribution in [-0.4, -0.2) is 62.1 Å². The summed E-state index contributed by atoms with van der Waals surface area (Å²) in [4.78, 5) is 0. The lowest BCUT2D eigenvalue weighted by molar-refractivity contribution is 0.103. The van der Waals surface area contributed by atoms with E-state index in [1.165, 1.54) is 6.04 Å². The lowest BCUT2D eigenvalue weighted by atomic mass is 10.3. The van der Waals surface area contributed by atoms with Gasteiger partial charge in [0.25, 0.3) is 0 Å². The van der Waals surface area contributed by atoms with Gasteiger partial charge in [-0.25, -0.2) is 0 Å². The molecular weight excluding hydrogens is 437 g/mol. The van der Waals surface area contributed by atoms with Crippen LogP contribution in [0.5, 0.6) is 0 Å².